The van der Waals surface area contributed by atoms with Crippen LogP contribution in [0.1, 0.15) is 30.6 Å². The Morgan fingerprint density at radius 3 is 2.90 bits per heavy atom. The van der Waals surface area contributed by atoms with Gasteiger partial charge >= 0.3 is 5.69 Å². The van der Waals surface area contributed by atoms with Crippen molar-refractivity contribution in [1.82, 2.24) is 9.13 Å². The smallest absolute Gasteiger partial charge is 0.328 e. The van der Waals surface area contributed by atoms with E-state index in [9.17, 15) is 9.90 Å². The molecule has 0 bridgehead atoms. The van der Waals surface area contributed by atoms with Crippen LogP contribution in [-0.4, -0.2) is 21.4 Å². The lowest BCUT2D eigenvalue weighted by Gasteiger charge is -2.12. The third-order valence-electron chi connectivity index (χ3n) is 3.66. The van der Waals surface area contributed by atoms with Gasteiger partial charge in [-0.2, -0.15) is 0 Å². The van der Waals surface area contributed by atoms with Crippen molar-refractivity contribution in [2.45, 2.75) is 31.5 Å². The molecule has 0 amide bonds. The fourth-order valence-corrected chi connectivity index (χ4v) is 2.34. The Kier molecular flexibility index (Phi) is 3.36. The van der Waals surface area contributed by atoms with Crippen LogP contribution < -0.4 is 10.4 Å². The molecule has 1 atom stereocenters. The second kappa shape index (κ2) is 5.17. The third-order valence-corrected chi connectivity index (χ3v) is 3.66. The number of rotatable bonds is 5. The van der Waals surface area contributed by atoms with Gasteiger partial charge in [0.05, 0.1) is 19.8 Å². The molecule has 106 valence electrons. The molecule has 1 aliphatic carbocycles. The van der Waals surface area contributed by atoms with Crippen LogP contribution >= 0.6 is 0 Å². The zero-order valence-corrected chi connectivity index (χ0v) is 11.4. The first-order valence-corrected chi connectivity index (χ1v) is 6.78. The average molecular weight is 274 g/mol. The molecule has 1 aromatic carbocycles. The molecule has 1 saturated carbocycles. The van der Waals surface area contributed by atoms with E-state index >= 15 is 0 Å². The van der Waals surface area contributed by atoms with Crippen LogP contribution in [-0.2, 0) is 6.54 Å². The van der Waals surface area contributed by atoms with Crippen molar-refractivity contribution in [2.24, 2.45) is 0 Å². The van der Waals surface area contributed by atoms with E-state index in [2.05, 4.69) is 0 Å². The van der Waals surface area contributed by atoms with E-state index in [0.717, 1.165) is 18.4 Å². The number of ether oxygens (including phenoxy) is 1. The molecule has 1 fully saturated rings. The predicted octanol–water partition coefficient (Wildman–Crippen LogP) is 1.73. The summed E-state index contributed by atoms with van der Waals surface area (Å²) in [5.41, 5.74) is 0.699. The van der Waals surface area contributed by atoms with Gasteiger partial charge < -0.3 is 9.84 Å². The summed E-state index contributed by atoms with van der Waals surface area (Å²) in [5.74, 6) is 0.699. The molecule has 0 spiro atoms. The zero-order valence-electron chi connectivity index (χ0n) is 11.4. The molecule has 20 heavy (non-hydrogen) atoms. The molecule has 0 radical (unpaired) electrons. The van der Waals surface area contributed by atoms with Crippen molar-refractivity contribution in [3.8, 4) is 5.75 Å². The van der Waals surface area contributed by atoms with Crippen molar-refractivity contribution < 1.29 is 9.84 Å². The zero-order chi connectivity index (χ0) is 14.1. The molecule has 1 aromatic heterocycles. The molecule has 1 N–H and O–H groups in total. The molecule has 3 rings (SSSR count). The van der Waals surface area contributed by atoms with E-state index in [0.29, 0.717) is 11.8 Å². The topological polar surface area (TPSA) is 56.4 Å². The van der Waals surface area contributed by atoms with Crippen molar-refractivity contribution in [3.05, 3.63) is 52.7 Å². The number of imidazole rings is 1. The van der Waals surface area contributed by atoms with Crippen molar-refractivity contribution in [1.29, 1.82) is 0 Å². The van der Waals surface area contributed by atoms with Crippen LogP contribution in [0.5, 0.6) is 5.75 Å². The Balaban J connectivity index is 1.78. The van der Waals surface area contributed by atoms with Crippen LogP contribution in [0, 0.1) is 0 Å². The Morgan fingerprint density at radius 1 is 1.40 bits per heavy atom. The second-order valence-electron chi connectivity index (χ2n) is 5.16. The van der Waals surface area contributed by atoms with Crippen LogP contribution in [0.15, 0.2) is 41.5 Å². The van der Waals surface area contributed by atoms with Gasteiger partial charge in [-0.05, 0) is 30.5 Å². The summed E-state index contributed by atoms with van der Waals surface area (Å²) in [6, 6.07) is 7.63. The summed E-state index contributed by atoms with van der Waals surface area (Å²) < 4.78 is 8.45. The molecular formula is C15H18N2O3. The summed E-state index contributed by atoms with van der Waals surface area (Å²) in [6.45, 7) is 0.256. The van der Waals surface area contributed by atoms with E-state index in [-0.39, 0.29) is 12.2 Å². The lowest BCUT2D eigenvalue weighted by Crippen LogP contribution is -2.25. The SMILES string of the molecule is COc1cccc(C(O)Cn2ccn(C3CC3)c2=O)c1. The highest BCUT2D eigenvalue weighted by atomic mass is 16.5. The highest BCUT2D eigenvalue weighted by Crippen LogP contribution is 2.33. The molecule has 5 heteroatoms. The van der Waals surface area contributed by atoms with E-state index in [1.807, 2.05) is 18.2 Å². The molecule has 5 nitrogen and oxygen atoms in total. The van der Waals surface area contributed by atoms with E-state index in [1.165, 1.54) is 0 Å². The summed E-state index contributed by atoms with van der Waals surface area (Å²) >= 11 is 0. The third kappa shape index (κ3) is 2.49. The minimum Gasteiger partial charge on any atom is -0.497 e. The highest BCUT2D eigenvalue weighted by Gasteiger charge is 2.25. The number of hydrogen-bond donors (Lipinski definition) is 1. The van der Waals surface area contributed by atoms with Crippen molar-refractivity contribution >= 4 is 0 Å². The van der Waals surface area contributed by atoms with Gasteiger partial charge in [-0.25, -0.2) is 4.79 Å². The molecule has 0 saturated heterocycles. The summed E-state index contributed by atoms with van der Waals surface area (Å²) in [5, 5.41) is 10.3. The normalized spacial score (nSPS) is 16.1. The largest absolute Gasteiger partial charge is 0.497 e. The minimum absolute atomic E-state index is 0.0468. The molecule has 1 unspecified atom stereocenters. The van der Waals surface area contributed by atoms with Crippen LogP contribution in [0.4, 0.5) is 0 Å². The number of hydrogen-bond acceptors (Lipinski definition) is 3. The van der Waals surface area contributed by atoms with Gasteiger partial charge in [0.25, 0.3) is 0 Å². The highest BCUT2D eigenvalue weighted by molar-refractivity contribution is 5.29. The van der Waals surface area contributed by atoms with Crippen molar-refractivity contribution in [2.75, 3.05) is 7.11 Å². The monoisotopic (exact) mass is 274 g/mol. The first-order valence-electron chi connectivity index (χ1n) is 6.78. The van der Waals surface area contributed by atoms with Crippen LogP contribution in [0.25, 0.3) is 0 Å². The van der Waals surface area contributed by atoms with E-state index in [4.69, 9.17) is 4.74 Å². The van der Waals surface area contributed by atoms with E-state index < -0.39 is 6.10 Å². The van der Waals surface area contributed by atoms with Crippen LogP contribution in [0.2, 0.25) is 0 Å². The van der Waals surface area contributed by atoms with Crippen LogP contribution in [0.3, 0.4) is 0 Å². The lowest BCUT2D eigenvalue weighted by molar-refractivity contribution is 0.154. The van der Waals surface area contributed by atoms with Gasteiger partial charge in [-0.1, -0.05) is 12.1 Å². The standard InChI is InChI=1S/C15H18N2O3/c1-20-13-4-2-3-11(9-13)14(18)10-16-7-8-17(15(16)19)12-5-6-12/h2-4,7-9,12,14,18H,5-6,10H2,1H3. The van der Waals surface area contributed by atoms with Gasteiger partial charge in [0, 0.05) is 18.4 Å². The average Bonchev–Trinajstić information content (AvgIpc) is 3.25. The first kappa shape index (κ1) is 13.0. The number of aliphatic hydroxyl groups is 1. The van der Waals surface area contributed by atoms with Gasteiger partial charge in [0.15, 0.2) is 0 Å². The maximum absolute atomic E-state index is 12.1. The molecule has 1 aliphatic rings. The quantitative estimate of drug-likeness (QED) is 0.903. The summed E-state index contributed by atoms with van der Waals surface area (Å²) in [6.07, 6.45) is 4.96. The Labute approximate surface area is 117 Å². The Hall–Kier alpha value is -2.01. The van der Waals surface area contributed by atoms with Gasteiger partial charge in [-0.3, -0.25) is 9.13 Å². The maximum atomic E-state index is 12.1. The molecule has 2 aromatic rings. The van der Waals surface area contributed by atoms with Gasteiger partial charge in [-0.15, -0.1) is 0 Å². The second-order valence-corrected chi connectivity index (χ2v) is 5.16. The number of benzene rings is 1. The number of nitrogens with zero attached hydrogens (tertiary/aromatic N) is 2. The minimum atomic E-state index is -0.724. The number of aliphatic hydroxyl groups excluding tert-OH is 1. The number of aromatic nitrogens is 2. The molecule has 0 aliphatic heterocycles. The predicted molar refractivity (Wildman–Crippen MR) is 74.9 cm³/mol. The molecular weight excluding hydrogens is 256 g/mol. The Morgan fingerprint density at radius 2 is 2.20 bits per heavy atom. The van der Waals surface area contributed by atoms with Crippen molar-refractivity contribution in [3.63, 3.8) is 0 Å². The Bertz CT molecular complexity index is 655. The number of methoxy groups -OCH3 is 1. The van der Waals surface area contributed by atoms with Gasteiger partial charge in [0.2, 0.25) is 0 Å². The van der Waals surface area contributed by atoms with Gasteiger partial charge in [0.1, 0.15) is 5.75 Å². The summed E-state index contributed by atoms with van der Waals surface area (Å²) in [7, 11) is 1.59. The molecule has 1 heterocycles. The summed E-state index contributed by atoms with van der Waals surface area (Å²) in [4.78, 5) is 12.1. The lowest BCUT2D eigenvalue weighted by atomic mass is 10.1. The van der Waals surface area contributed by atoms with E-state index in [1.54, 1.807) is 34.7 Å². The maximum Gasteiger partial charge on any atom is 0.328 e. The first-order chi connectivity index (χ1) is 9.69. The fraction of sp³-hybridized carbons (Fsp3) is 0.400. The fourth-order valence-electron chi connectivity index (χ4n) is 2.34.